The lowest BCUT2D eigenvalue weighted by Gasteiger charge is -2.12. The summed E-state index contributed by atoms with van der Waals surface area (Å²) in [5.74, 6) is 0.676. The fourth-order valence-electron chi connectivity index (χ4n) is 1.76. The van der Waals surface area contributed by atoms with Crippen molar-refractivity contribution in [3.8, 4) is 5.88 Å². The predicted molar refractivity (Wildman–Crippen MR) is 61.4 cm³/mol. The van der Waals surface area contributed by atoms with Crippen LogP contribution in [0.4, 0.5) is 0 Å². The van der Waals surface area contributed by atoms with Gasteiger partial charge in [0.25, 0.3) is 0 Å². The maximum Gasteiger partial charge on any atom is 0.214 e. The molecule has 1 aliphatic heterocycles. The van der Waals surface area contributed by atoms with Crippen molar-refractivity contribution in [3.63, 3.8) is 0 Å². The summed E-state index contributed by atoms with van der Waals surface area (Å²) in [6.07, 6.45) is 1.98. The van der Waals surface area contributed by atoms with Crippen molar-refractivity contribution in [1.29, 1.82) is 0 Å². The molecule has 16 heavy (non-hydrogen) atoms. The monoisotopic (exact) mass is 222 g/mol. The van der Waals surface area contributed by atoms with E-state index in [-0.39, 0.29) is 6.10 Å². The third-order valence-electron chi connectivity index (χ3n) is 2.69. The highest BCUT2D eigenvalue weighted by Crippen LogP contribution is 2.17. The molecule has 1 fully saturated rings. The van der Waals surface area contributed by atoms with E-state index in [1.54, 1.807) is 0 Å². The number of hydrogen-bond donors (Lipinski definition) is 1. The van der Waals surface area contributed by atoms with Crippen molar-refractivity contribution < 1.29 is 9.47 Å². The van der Waals surface area contributed by atoms with Crippen LogP contribution in [0.3, 0.4) is 0 Å². The predicted octanol–water partition coefficient (Wildman–Crippen LogP) is 1.27. The Kier molecular flexibility index (Phi) is 3.74. The lowest BCUT2D eigenvalue weighted by atomic mass is 10.2. The summed E-state index contributed by atoms with van der Waals surface area (Å²) in [4.78, 5) is 4.43. The van der Waals surface area contributed by atoms with Crippen molar-refractivity contribution >= 4 is 0 Å². The van der Waals surface area contributed by atoms with E-state index >= 15 is 0 Å². The molecule has 2 N–H and O–H groups in total. The maximum absolute atomic E-state index is 5.77. The number of nitrogens with two attached hydrogens (primary N) is 1. The lowest BCUT2D eigenvalue weighted by Crippen LogP contribution is -2.17. The Morgan fingerprint density at radius 2 is 2.44 bits per heavy atom. The smallest absolute Gasteiger partial charge is 0.214 e. The van der Waals surface area contributed by atoms with Crippen molar-refractivity contribution in [3.05, 3.63) is 23.4 Å². The molecule has 1 aliphatic rings. The van der Waals surface area contributed by atoms with Gasteiger partial charge in [-0.3, -0.25) is 0 Å². The van der Waals surface area contributed by atoms with Crippen LogP contribution >= 0.6 is 0 Å². The minimum atomic E-state index is 0.144. The van der Waals surface area contributed by atoms with E-state index in [9.17, 15) is 0 Å². The van der Waals surface area contributed by atoms with Crippen LogP contribution in [0.5, 0.6) is 5.88 Å². The third-order valence-corrected chi connectivity index (χ3v) is 2.69. The molecule has 1 unspecified atom stereocenters. The molecule has 0 aromatic carbocycles. The molecular formula is C12H18N2O2. The van der Waals surface area contributed by atoms with E-state index < -0.39 is 0 Å². The van der Waals surface area contributed by atoms with Crippen LogP contribution in [-0.2, 0) is 17.7 Å². The average molecular weight is 222 g/mol. The first-order valence-corrected chi connectivity index (χ1v) is 5.76. The van der Waals surface area contributed by atoms with E-state index in [1.165, 1.54) is 0 Å². The summed E-state index contributed by atoms with van der Waals surface area (Å²) >= 11 is 0. The number of rotatable bonds is 4. The van der Waals surface area contributed by atoms with Gasteiger partial charge in [-0.05, 0) is 18.1 Å². The van der Waals surface area contributed by atoms with Crippen molar-refractivity contribution in [2.24, 2.45) is 5.73 Å². The maximum atomic E-state index is 5.77. The molecule has 0 radical (unpaired) electrons. The van der Waals surface area contributed by atoms with Gasteiger partial charge in [0.2, 0.25) is 5.88 Å². The number of ether oxygens (including phenoxy) is 2. The van der Waals surface area contributed by atoms with E-state index in [0.717, 1.165) is 30.7 Å². The molecule has 1 aromatic rings. The molecule has 0 amide bonds. The first-order chi connectivity index (χ1) is 7.81. The zero-order chi connectivity index (χ0) is 11.4. The highest BCUT2D eigenvalue weighted by atomic mass is 16.5. The number of hydrogen-bond acceptors (Lipinski definition) is 4. The number of aryl methyl sites for hydroxylation is 1. The zero-order valence-electron chi connectivity index (χ0n) is 9.61. The lowest BCUT2D eigenvalue weighted by molar-refractivity contribution is 0.138. The van der Waals surface area contributed by atoms with Crippen LogP contribution in [0.15, 0.2) is 12.1 Å². The van der Waals surface area contributed by atoms with Gasteiger partial charge in [0.1, 0.15) is 6.10 Å². The Labute approximate surface area is 95.8 Å². The van der Waals surface area contributed by atoms with Crippen LogP contribution < -0.4 is 10.5 Å². The van der Waals surface area contributed by atoms with Crippen LogP contribution in [0.1, 0.15) is 24.6 Å². The van der Waals surface area contributed by atoms with Gasteiger partial charge in [0.15, 0.2) is 0 Å². The quantitative estimate of drug-likeness (QED) is 0.833. The molecular weight excluding hydrogens is 204 g/mol. The summed E-state index contributed by atoms with van der Waals surface area (Å²) in [5, 5.41) is 0. The molecule has 2 heterocycles. The Hall–Kier alpha value is -1.13. The Bertz CT molecular complexity index is 327. The Morgan fingerprint density at radius 3 is 3.06 bits per heavy atom. The van der Waals surface area contributed by atoms with Crippen LogP contribution in [0.25, 0.3) is 0 Å². The first kappa shape index (κ1) is 11.4. The van der Waals surface area contributed by atoms with Gasteiger partial charge in [-0.2, -0.15) is 0 Å². The van der Waals surface area contributed by atoms with Gasteiger partial charge in [-0.25, -0.2) is 4.98 Å². The molecule has 1 aromatic heterocycles. The molecule has 4 heteroatoms. The van der Waals surface area contributed by atoms with E-state index in [2.05, 4.69) is 11.9 Å². The number of aromatic nitrogens is 1. The van der Waals surface area contributed by atoms with Crippen LogP contribution in [-0.4, -0.2) is 24.3 Å². The summed E-state index contributed by atoms with van der Waals surface area (Å²) in [6.45, 7) is 4.04. The van der Waals surface area contributed by atoms with Crippen LogP contribution in [0, 0.1) is 0 Å². The zero-order valence-corrected chi connectivity index (χ0v) is 9.61. The second kappa shape index (κ2) is 5.27. The molecule has 0 saturated carbocycles. The van der Waals surface area contributed by atoms with Gasteiger partial charge >= 0.3 is 0 Å². The second-order valence-electron chi connectivity index (χ2n) is 3.97. The Morgan fingerprint density at radius 1 is 1.56 bits per heavy atom. The number of nitrogens with zero attached hydrogens (tertiary/aromatic N) is 1. The molecule has 0 aliphatic carbocycles. The molecule has 2 rings (SSSR count). The standard InChI is InChI=1S/C12H18N2O2/c1-2-10-5-9(7-13)6-12(14-10)16-11-3-4-15-8-11/h5-6,11H,2-4,7-8,13H2,1H3. The Balaban J connectivity index is 2.12. The average Bonchev–Trinajstić information content (AvgIpc) is 2.81. The molecule has 0 bridgehead atoms. The molecule has 0 spiro atoms. The largest absolute Gasteiger partial charge is 0.472 e. The van der Waals surface area contributed by atoms with E-state index in [1.807, 2.05) is 12.1 Å². The van der Waals surface area contributed by atoms with Gasteiger partial charge < -0.3 is 15.2 Å². The van der Waals surface area contributed by atoms with Crippen molar-refractivity contribution in [1.82, 2.24) is 4.98 Å². The topological polar surface area (TPSA) is 57.4 Å². The highest BCUT2D eigenvalue weighted by molar-refractivity contribution is 5.25. The summed E-state index contributed by atoms with van der Waals surface area (Å²) in [7, 11) is 0. The fourth-order valence-corrected chi connectivity index (χ4v) is 1.76. The van der Waals surface area contributed by atoms with E-state index in [4.69, 9.17) is 15.2 Å². The summed E-state index contributed by atoms with van der Waals surface area (Å²) < 4.78 is 11.0. The second-order valence-corrected chi connectivity index (χ2v) is 3.97. The van der Waals surface area contributed by atoms with Gasteiger partial charge in [0, 0.05) is 24.7 Å². The van der Waals surface area contributed by atoms with Gasteiger partial charge in [0.05, 0.1) is 13.2 Å². The third kappa shape index (κ3) is 2.71. The molecule has 4 nitrogen and oxygen atoms in total. The fraction of sp³-hybridized carbons (Fsp3) is 0.583. The van der Waals surface area contributed by atoms with E-state index in [0.29, 0.717) is 19.0 Å². The van der Waals surface area contributed by atoms with Gasteiger partial charge in [-0.1, -0.05) is 6.92 Å². The normalized spacial score (nSPS) is 20.0. The summed E-state index contributed by atoms with van der Waals surface area (Å²) in [6, 6.07) is 3.94. The SMILES string of the molecule is CCc1cc(CN)cc(OC2CCOC2)n1. The van der Waals surface area contributed by atoms with Crippen molar-refractivity contribution in [2.45, 2.75) is 32.4 Å². The van der Waals surface area contributed by atoms with Crippen molar-refractivity contribution in [2.75, 3.05) is 13.2 Å². The number of pyridine rings is 1. The highest BCUT2D eigenvalue weighted by Gasteiger charge is 2.18. The summed E-state index contributed by atoms with van der Waals surface area (Å²) in [5.41, 5.74) is 7.74. The first-order valence-electron chi connectivity index (χ1n) is 5.76. The minimum Gasteiger partial charge on any atom is -0.472 e. The van der Waals surface area contributed by atoms with Crippen LogP contribution in [0.2, 0.25) is 0 Å². The van der Waals surface area contributed by atoms with Gasteiger partial charge in [-0.15, -0.1) is 0 Å². The molecule has 1 saturated heterocycles. The molecule has 88 valence electrons. The molecule has 1 atom stereocenters. The minimum absolute atomic E-state index is 0.144.